The molecule has 5 nitrogen and oxygen atoms in total. The summed E-state index contributed by atoms with van der Waals surface area (Å²) in [5.41, 5.74) is 4.44. The number of rotatable bonds is 7. The lowest BCUT2D eigenvalue weighted by atomic mass is 10.1. The Bertz CT molecular complexity index is 1170. The van der Waals surface area contributed by atoms with Crippen molar-refractivity contribution in [2.45, 2.75) is 27.3 Å². The van der Waals surface area contributed by atoms with Gasteiger partial charge < -0.3 is 9.47 Å². The molecule has 2 aromatic heterocycles. The molecule has 2 aromatic carbocycles. The van der Waals surface area contributed by atoms with Crippen molar-refractivity contribution in [2.24, 2.45) is 0 Å². The molecule has 0 amide bonds. The molecule has 0 N–H and O–H groups in total. The number of carbonyl (C=O) groups is 1. The van der Waals surface area contributed by atoms with Gasteiger partial charge in [0.25, 0.3) is 0 Å². The molecular formula is C23H25BrN4O. The van der Waals surface area contributed by atoms with Gasteiger partial charge in [-0.3, -0.25) is 9.20 Å². The zero-order chi connectivity index (χ0) is 20.5. The van der Waals surface area contributed by atoms with Crippen LogP contribution in [0.4, 0.5) is 0 Å². The van der Waals surface area contributed by atoms with Gasteiger partial charge >= 0.3 is 0 Å². The number of likely N-dealkylation sites (N-methyl/N-ethyl adjacent to an activating group) is 1. The highest BCUT2D eigenvalue weighted by molar-refractivity contribution is 9.10. The lowest BCUT2D eigenvalue weighted by Gasteiger charge is -2.18. The van der Waals surface area contributed by atoms with Crippen molar-refractivity contribution in [3.8, 4) is 11.3 Å². The average molecular weight is 453 g/mol. The quantitative estimate of drug-likeness (QED) is 0.359. The summed E-state index contributed by atoms with van der Waals surface area (Å²) in [7, 11) is 0. The lowest BCUT2D eigenvalue weighted by molar-refractivity contribution is 0.101. The SMILES string of the molecule is CCN(CC)CCn1c2ccccc2n2c(C(C)=O)c(-c3ccc(Br)cc3)nc12. The predicted molar refractivity (Wildman–Crippen MR) is 122 cm³/mol. The van der Waals surface area contributed by atoms with Crippen LogP contribution >= 0.6 is 15.9 Å². The second-order valence-corrected chi connectivity index (χ2v) is 8.09. The molecule has 6 heteroatoms. The molecule has 0 bridgehead atoms. The van der Waals surface area contributed by atoms with Crippen LogP contribution in [0, 0.1) is 0 Å². The normalized spacial score (nSPS) is 11.8. The second-order valence-electron chi connectivity index (χ2n) is 7.17. The third kappa shape index (κ3) is 3.51. The van der Waals surface area contributed by atoms with Gasteiger partial charge in [0.15, 0.2) is 5.78 Å². The van der Waals surface area contributed by atoms with Gasteiger partial charge in [-0.25, -0.2) is 4.98 Å². The number of benzene rings is 2. The predicted octanol–water partition coefficient (Wildman–Crippen LogP) is 5.26. The van der Waals surface area contributed by atoms with Crippen molar-refractivity contribution in [2.75, 3.05) is 19.6 Å². The van der Waals surface area contributed by atoms with Gasteiger partial charge in [0.2, 0.25) is 5.78 Å². The largest absolute Gasteiger partial charge is 0.308 e. The van der Waals surface area contributed by atoms with Gasteiger partial charge in [-0.15, -0.1) is 0 Å². The minimum absolute atomic E-state index is 0.0158. The molecule has 0 aliphatic heterocycles. The van der Waals surface area contributed by atoms with Gasteiger partial charge in [0, 0.05) is 30.0 Å². The summed E-state index contributed by atoms with van der Waals surface area (Å²) in [6, 6.07) is 16.2. The van der Waals surface area contributed by atoms with Crippen LogP contribution in [0.5, 0.6) is 0 Å². The maximum atomic E-state index is 12.7. The minimum atomic E-state index is 0.0158. The van der Waals surface area contributed by atoms with E-state index >= 15 is 0 Å². The first-order valence-electron chi connectivity index (χ1n) is 10.0. The van der Waals surface area contributed by atoms with E-state index in [2.05, 4.69) is 51.4 Å². The Morgan fingerprint density at radius 1 is 1.03 bits per heavy atom. The van der Waals surface area contributed by atoms with Crippen LogP contribution in [0.3, 0.4) is 0 Å². The van der Waals surface area contributed by atoms with E-state index in [0.29, 0.717) is 5.69 Å². The summed E-state index contributed by atoms with van der Waals surface area (Å²) in [6.07, 6.45) is 0. The number of imidazole rings is 2. The first-order valence-corrected chi connectivity index (χ1v) is 10.8. The molecule has 2 heterocycles. The van der Waals surface area contributed by atoms with Crippen molar-refractivity contribution < 1.29 is 4.79 Å². The Hall–Kier alpha value is -2.44. The van der Waals surface area contributed by atoms with E-state index < -0.39 is 0 Å². The number of hydrogen-bond acceptors (Lipinski definition) is 3. The van der Waals surface area contributed by atoms with E-state index in [4.69, 9.17) is 4.98 Å². The van der Waals surface area contributed by atoms with Crippen LogP contribution in [0.2, 0.25) is 0 Å². The van der Waals surface area contributed by atoms with Gasteiger partial charge in [-0.1, -0.05) is 54.0 Å². The minimum Gasteiger partial charge on any atom is -0.308 e. The van der Waals surface area contributed by atoms with Crippen molar-refractivity contribution in [1.29, 1.82) is 0 Å². The molecule has 0 aliphatic rings. The van der Waals surface area contributed by atoms with Crippen LogP contribution in [0.1, 0.15) is 31.3 Å². The average Bonchev–Trinajstić information content (AvgIpc) is 3.25. The maximum Gasteiger partial charge on any atom is 0.216 e. The molecular weight excluding hydrogens is 428 g/mol. The molecule has 0 saturated heterocycles. The number of hydrogen-bond donors (Lipinski definition) is 0. The standard InChI is InChI=1S/C23H25BrN4O/c1-4-26(5-2)14-15-27-19-8-6-7-9-20(19)28-22(16(3)29)21(25-23(27)28)17-10-12-18(24)13-11-17/h6-13H,4-5,14-15H2,1-3H3. The highest BCUT2D eigenvalue weighted by Crippen LogP contribution is 2.31. The summed E-state index contributed by atoms with van der Waals surface area (Å²) in [5, 5.41) is 0. The van der Waals surface area contributed by atoms with Crippen LogP contribution in [0.25, 0.3) is 28.1 Å². The Kier molecular flexibility index (Phi) is 5.56. The Morgan fingerprint density at radius 3 is 2.31 bits per heavy atom. The molecule has 0 atom stereocenters. The highest BCUT2D eigenvalue weighted by Gasteiger charge is 2.23. The molecule has 0 fully saturated rings. The number of Topliss-reactive ketones (excluding diaryl/α,β-unsaturated/α-hetero) is 1. The summed E-state index contributed by atoms with van der Waals surface area (Å²) in [6.45, 7) is 9.79. The van der Waals surface area contributed by atoms with Crippen LogP contribution < -0.4 is 0 Å². The second kappa shape index (κ2) is 8.13. The molecule has 4 rings (SSSR count). The number of ketones is 1. The number of halogens is 1. The zero-order valence-corrected chi connectivity index (χ0v) is 18.6. The fraction of sp³-hybridized carbons (Fsp3) is 0.304. The number of carbonyl (C=O) groups excluding carboxylic acids is 1. The zero-order valence-electron chi connectivity index (χ0n) is 17.0. The summed E-state index contributed by atoms with van der Waals surface area (Å²) < 4.78 is 5.27. The van der Waals surface area contributed by atoms with E-state index in [1.807, 2.05) is 40.8 Å². The van der Waals surface area contributed by atoms with Crippen molar-refractivity contribution in [1.82, 2.24) is 18.9 Å². The third-order valence-corrected chi connectivity index (χ3v) is 6.03. The molecule has 150 valence electrons. The van der Waals surface area contributed by atoms with Gasteiger partial charge in [-0.05, 0) is 37.4 Å². The molecule has 0 unspecified atom stereocenters. The number of nitrogens with zero attached hydrogens (tertiary/aromatic N) is 4. The van der Waals surface area contributed by atoms with Gasteiger partial charge in [0.1, 0.15) is 11.4 Å². The number of aromatic nitrogens is 3. The third-order valence-electron chi connectivity index (χ3n) is 5.50. The van der Waals surface area contributed by atoms with Crippen molar-refractivity contribution in [3.63, 3.8) is 0 Å². The van der Waals surface area contributed by atoms with Crippen LogP contribution in [0.15, 0.2) is 53.0 Å². The van der Waals surface area contributed by atoms with Gasteiger partial charge in [-0.2, -0.15) is 0 Å². The maximum absolute atomic E-state index is 12.7. The fourth-order valence-electron chi connectivity index (χ4n) is 3.94. The van der Waals surface area contributed by atoms with Crippen molar-refractivity contribution in [3.05, 3.63) is 58.7 Å². The summed E-state index contributed by atoms with van der Waals surface area (Å²) >= 11 is 3.48. The van der Waals surface area contributed by atoms with Crippen LogP contribution in [-0.2, 0) is 6.54 Å². The Morgan fingerprint density at radius 2 is 1.69 bits per heavy atom. The fourth-order valence-corrected chi connectivity index (χ4v) is 4.21. The Balaban J connectivity index is 1.96. The number of para-hydroxylation sites is 2. The number of fused-ring (bicyclic) bond motifs is 3. The van der Waals surface area contributed by atoms with E-state index in [1.54, 1.807) is 6.92 Å². The van der Waals surface area contributed by atoms with E-state index in [0.717, 1.165) is 58.7 Å². The molecule has 29 heavy (non-hydrogen) atoms. The monoisotopic (exact) mass is 452 g/mol. The van der Waals surface area contributed by atoms with Crippen LogP contribution in [-0.4, -0.2) is 44.3 Å². The molecule has 0 radical (unpaired) electrons. The van der Waals surface area contributed by atoms with E-state index in [1.165, 1.54) is 0 Å². The van der Waals surface area contributed by atoms with Crippen molar-refractivity contribution >= 4 is 38.5 Å². The lowest BCUT2D eigenvalue weighted by Crippen LogP contribution is -2.27. The smallest absolute Gasteiger partial charge is 0.216 e. The van der Waals surface area contributed by atoms with E-state index in [-0.39, 0.29) is 5.78 Å². The molecule has 4 aromatic rings. The topological polar surface area (TPSA) is 42.5 Å². The summed E-state index contributed by atoms with van der Waals surface area (Å²) in [4.78, 5) is 20.1. The van der Waals surface area contributed by atoms with Gasteiger partial charge in [0.05, 0.1) is 11.0 Å². The van der Waals surface area contributed by atoms with E-state index in [9.17, 15) is 4.79 Å². The highest BCUT2D eigenvalue weighted by atomic mass is 79.9. The Labute approximate surface area is 179 Å². The molecule has 0 saturated carbocycles. The molecule has 0 spiro atoms. The molecule has 0 aliphatic carbocycles. The first-order chi connectivity index (χ1) is 14.0. The first kappa shape index (κ1) is 19.9. The summed E-state index contributed by atoms with van der Waals surface area (Å²) in [5.74, 6) is 0.837.